The van der Waals surface area contributed by atoms with Gasteiger partial charge in [0, 0.05) is 0 Å². The van der Waals surface area contributed by atoms with Crippen LogP contribution in [0.2, 0.25) is 0 Å². The van der Waals surface area contributed by atoms with Gasteiger partial charge in [-0.3, -0.25) is 4.79 Å². The fraction of sp³-hybridized carbons (Fsp3) is 0.0667. The molecule has 0 bridgehead atoms. The largest absolute Gasteiger partial charge is 0.459 e. The van der Waals surface area contributed by atoms with Crippen molar-refractivity contribution in [2.45, 2.75) is 6.92 Å². The molecule has 0 saturated heterocycles. The van der Waals surface area contributed by atoms with E-state index >= 15 is 0 Å². The summed E-state index contributed by atoms with van der Waals surface area (Å²) in [5, 5.41) is 8.23. The van der Waals surface area contributed by atoms with Gasteiger partial charge in [-0.15, -0.1) is 5.10 Å². The van der Waals surface area contributed by atoms with Crippen LogP contribution in [0.3, 0.4) is 0 Å². The summed E-state index contributed by atoms with van der Waals surface area (Å²) in [5.74, 6) is -1.46. The number of furan rings is 1. The summed E-state index contributed by atoms with van der Waals surface area (Å²) in [5.41, 5.74) is 3.09. The second kappa shape index (κ2) is 6.14. The second-order valence-electron chi connectivity index (χ2n) is 4.56. The van der Waals surface area contributed by atoms with Gasteiger partial charge in [0.15, 0.2) is 11.5 Å². The van der Waals surface area contributed by atoms with Crippen molar-refractivity contribution >= 4 is 11.9 Å². The van der Waals surface area contributed by atoms with Crippen LogP contribution in [0.4, 0.5) is 0 Å². The molecular formula is C15H12N4O4. The lowest BCUT2D eigenvalue weighted by atomic mass is 10.3. The van der Waals surface area contributed by atoms with Crippen molar-refractivity contribution in [3.63, 3.8) is 0 Å². The third-order valence-corrected chi connectivity index (χ3v) is 2.94. The zero-order valence-corrected chi connectivity index (χ0v) is 12.1. The Kier molecular flexibility index (Phi) is 3.88. The number of carbonyl (C=O) groups excluding carboxylic acids is 2. The first-order chi connectivity index (χ1) is 11.1. The third kappa shape index (κ3) is 3.10. The van der Waals surface area contributed by atoms with Gasteiger partial charge in [0.2, 0.25) is 0 Å². The quantitative estimate of drug-likeness (QED) is 0.739. The molecule has 3 rings (SSSR count). The minimum atomic E-state index is -0.815. The van der Waals surface area contributed by atoms with Gasteiger partial charge in [-0.25, -0.2) is 4.79 Å². The fourth-order valence-electron chi connectivity index (χ4n) is 1.84. The molecule has 2 aromatic heterocycles. The van der Waals surface area contributed by atoms with Crippen molar-refractivity contribution < 1.29 is 18.8 Å². The molecular weight excluding hydrogens is 300 g/mol. The third-order valence-electron chi connectivity index (χ3n) is 2.94. The normalized spacial score (nSPS) is 10.3. The Hall–Kier alpha value is -3.42. The van der Waals surface area contributed by atoms with E-state index < -0.39 is 11.9 Å². The van der Waals surface area contributed by atoms with E-state index in [1.165, 1.54) is 17.1 Å². The average Bonchev–Trinajstić information content (AvgIpc) is 3.23. The van der Waals surface area contributed by atoms with Crippen molar-refractivity contribution in [2.24, 2.45) is 0 Å². The monoisotopic (exact) mass is 312 g/mol. The number of hydroxylamine groups is 1. The highest BCUT2D eigenvalue weighted by atomic mass is 16.7. The van der Waals surface area contributed by atoms with E-state index in [4.69, 9.17) is 9.25 Å². The number of carbonyl (C=O) groups is 2. The molecule has 1 amide bonds. The predicted molar refractivity (Wildman–Crippen MR) is 77.7 cm³/mol. The molecule has 0 fully saturated rings. The van der Waals surface area contributed by atoms with E-state index in [9.17, 15) is 9.59 Å². The first-order valence-electron chi connectivity index (χ1n) is 6.69. The molecule has 0 unspecified atom stereocenters. The zero-order valence-electron chi connectivity index (χ0n) is 12.1. The summed E-state index contributed by atoms with van der Waals surface area (Å²) in [6, 6.07) is 12.1. The number of aromatic nitrogens is 3. The van der Waals surface area contributed by atoms with E-state index in [0.717, 1.165) is 0 Å². The van der Waals surface area contributed by atoms with Crippen molar-refractivity contribution in [2.75, 3.05) is 0 Å². The van der Waals surface area contributed by atoms with Crippen LogP contribution >= 0.6 is 0 Å². The molecule has 0 atom stereocenters. The molecule has 2 heterocycles. The Morgan fingerprint density at radius 1 is 1.13 bits per heavy atom. The first-order valence-corrected chi connectivity index (χ1v) is 6.69. The lowest BCUT2D eigenvalue weighted by Gasteiger charge is -2.02. The van der Waals surface area contributed by atoms with Crippen LogP contribution in [-0.2, 0) is 4.84 Å². The first kappa shape index (κ1) is 14.5. The van der Waals surface area contributed by atoms with Crippen LogP contribution in [0, 0.1) is 6.92 Å². The average molecular weight is 312 g/mol. The Labute approximate surface area is 130 Å². The Morgan fingerprint density at radius 3 is 2.61 bits per heavy atom. The summed E-state index contributed by atoms with van der Waals surface area (Å²) in [7, 11) is 0. The molecule has 8 nitrogen and oxygen atoms in total. The lowest BCUT2D eigenvalue weighted by Crippen LogP contribution is -2.27. The number of aryl methyl sites for hydroxylation is 1. The SMILES string of the molecule is Cc1nn(-c2ccccc2)nc1C(=O)ONC(=O)c1ccco1. The van der Waals surface area contributed by atoms with Gasteiger partial charge in [0.25, 0.3) is 0 Å². The lowest BCUT2D eigenvalue weighted by molar-refractivity contribution is 0.0213. The molecule has 1 aromatic carbocycles. The molecule has 0 aliphatic rings. The highest BCUT2D eigenvalue weighted by molar-refractivity contribution is 5.93. The van der Waals surface area contributed by atoms with Crippen molar-refractivity contribution in [3.05, 3.63) is 65.9 Å². The van der Waals surface area contributed by atoms with Crippen LogP contribution in [-0.4, -0.2) is 26.9 Å². The van der Waals surface area contributed by atoms with E-state index in [-0.39, 0.29) is 11.5 Å². The predicted octanol–water partition coefficient (Wildman–Crippen LogP) is 1.67. The highest BCUT2D eigenvalue weighted by Gasteiger charge is 2.20. The number of nitrogens with zero attached hydrogens (tertiary/aromatic N) is 3. The molecule has 0 aliphatic heterocycles. The maximum atomic E-state index is 12.0. The molecule has 3 aromatic rings. The summed E-state index contributed by atoms with van der Waals surface area (Å²) < 4.78 is 4.88. The number of amides is 1. The molecule has 0 aliphatic carbocycles. The topological polar surface area (TPSA) is 99.3 Å². The number of rotatable bonds is 3. The number of para-hydroxylation sites is 1. The summed E-state index contributed by atoms with van der Waals surface area (Å²) in [4.78, 5) is 29.7. The maximum absolute atomic E-state index is 12.0. The molecule has 23 heavy (non-hydrogen) atoms. The molecule has 8 heteroatoms. The van der Waals surface area contributed by atoms with Gasteiger partial charge in [-0.2, -0.15) is 15.4 Å². The number of hydrogen-bond acceptors (Lipinski definition) is 6. The minimum absolute atomic E-state index is 0.00796. The van der Waals surface area contributed by atoms with E-state index in [1.807, 2.05) is 23.7 Å². The fourth-order valence-corrected chi connectivity index (χ4v) is 1.84. The van der Waals surface area contributed by atoms with Gasteiger partial charge in [0.05, 0.1) is 17.6 Å². The van der Waals surface area contributed by atoms with Gasteiger partial charge >= 0.3 is 11.9 Å². The second-order valence-corrected chi connectivity index (χ2v) is 4.56. The van der Waals surface area contributed by atoms with Gasteiger partial charge < -0.3 is 9.25 Å². The van der Waals surface area contributed by atoms with Crippen molar-refractivity contribution in [1.29, 1.82) is 0 Å². The summed E-state index contributed by atoms with van der Waals surface area (Å²) in [6.45, 7) is 1.62. The zero-order chi connectivity index (χ0) is 16.2. The smallest absolute Gasteiger partial charge is 0.385 e. The molecule has 1 N–H and O–H groups in total. The molecule has 0 spiro atoms. The van der Waals surface area contributed by atoms with Gasteiger partial charge in [-0.05, 0) is 31.2 Å². The summed E-state index contributed by atoms with van der Waals surface area (Å²) >= 11 is 0. The summed E-state index contributed by atoms with van der Waals surface area (Å²) in [6.07, 6.45) is 1.34. The maximum Gasteiger partial charge on any atom is 0.385 e. The van der Waals surface area contributed by atoms with Crippen LogP contribution < -0.4 is 5.48 Å². The number of benzene rings is 1. The Morgan fingerprint density at radius 2 is 1.91 bits per heavy atom. The van der Waals surface area contributed by atoms with Crippen LogP contribution in [0.25, 0.3) is 5.69 Å². The Balaban J connectivity index is 1.70. The van der Waals surface area contributed by atoms with Gasteiger partial charge in [-0.1, -0.05) is 18.2 Å². The van der Waals surface area contributed by atoms with Crippen LogP contribution in [0.5, 0.6) is 0 Å². The highest BCUT2D eigenvalue weighted by Crippen LogP contribution is 2.09. The van der Waals surface area contributed by atoms with Crippen LogP contribution in [0.15, 0.2) is 53.1 Å². The minimum Gasteiger partial charge on any atom is -0.459 e. The van der Waals surface area contributed by atoms with Crippen molar-refractivity contribution in [3.8, 4) is 5.69 Å². The van der Waals surface area contributed by atoms with E-state index in [1.54, 1.807) is 25.1 Å². The van der Waals surface area contributed by atoms with Crippen molar-refractivity contribution in [1.82, 2.24) is 20.5 Å². The van der Waals surface area contributed by atoms with E-state index in [2.05, 4.69) is 10.2 Å². The van der Waals surface area contributed by atoms with Gasteiger partial charge in [0.1, 0.15) is 0 Å². The standard InChI is InChI=1S/C15H12N4O4/c1-10-13(17-19(16-10)11-6-3-2-4-7-11)15(21)23-18-14(20)12-8-5-9-22-12/h2-9H,1H3,(H,18,20). The Bertz CT molecular complexity index is 825. The molecule has 0 radical (unpaired) electrons. The van der Waals surface area contributed by atoms with Crippen LogP contribution in [0.1, 0.15) is 26.7 Å². The number of hydrogen-bond donors (Lipinski definition) is 1. The van der Waals surface area contributed by atoms with E-state index in [0.29, 0.717) is 11.4 Å². The molecule has 116 valence electrons. The number of nitrogens with one attached hydrogen (secondary N) is 1. The molecule has 0 saturated carbocycles.